The van der Waals surface area contributed by atoms with E-state index in [4.69, 9.17) is 4.74 Å². The minimum absolute atomic E-state index is 0.0715. The fourth-order valence-electron chi connectivity index (χ4n) is 4.67. The molecule has 2 saturated heterocycles. The van der Waals surface area contributed by atoms with Crippen molar-refractivity contribution in [1.29, 1.82) is 0 Å². The Morgan fingerprint density at radius 1 is 1.09 bits per heavy atom. The number of nitrogens with zero attached hydrogens (tertiary/aromatic N) is 1. The number of hydrogen-bond acceptors (Lipinski definition) is 3. The molecule has 2 bridgehead atoms. The van der Waals surface area contributed by atoms with Gasteiger partial charge >= 0.3 is 5.97 Å². The van der Waals surface area contributed by atoms with Crippen LogP contribution >= 0.6 is 0 Å². The van der Waals surface area contributed by atoms with Crippen LogP contribution < -0.4 is 0 Å². The van der Waals surface area contributed by atoms with Crippen molar-refractivity contribution in [3.63, 3.8) is 0 Å². The van der Waals surface area contributed by atoms with Gasteiger partial charge in [-0.2, -0.15) is 0 Å². The van der Waals surface area contributed by atoms with Crippen LogP contribution in [0.4, 0.5) is 0 Å². The monoisotopic (exact) mass is 309 g/mol. The van der Waals surface area contributed by atoms with Gasteiger partial charge < -0.3 is 9.64 Å². The second kappa shape index (κ2) is 5.34. The van der Waals surface area contributed by atoms with Crippen molar-refractivity contribution in [2.24, 2.45) is 0 Å². The molecule has 4 rings (SSSR count). The van der Waals surface area contributed by atoms with E-state index in [1.54, 1.807) is 0 Å². The molecule has 2 aromatic rings. The van der Waals surface area contributed by atoms with Gasteiger partial charge in [-0.3, -0.25) is 4.79 Å². The maximum atomic E-state index is 12.8. The lowest BCUT2D eigenvalue weighted by molar-refractivity contribution is -0.150. The summed E-state index contributed by atoms with van der Waals surface area (Å²) in [5, 5.41) is 2.41. The van der Waals surface area contributed by atoms with Crippen molar-refractivity contribution in [1.82, 2.24) is 4.90 Å². The fourth-order valence-corrected chi connectivity index (χ4v) is 4.67. The highest BCUT2D eigenvalue weighted by Crippen LogP contribution is 2.47. The molecule has 0 aromatic heterocycles. The molecular weight excluding hydrogens is 286 g/mol. The molecular formula is C20H23NO2. The van der Waals surface area contributed by atoms with Gasteiger partial charge in [-0.1, -0.05) is 42.5 Å². The van der Waals surface area contributed by atoms with Gasteiger partial charge in [0.15, 0.2) is 0 Å². The zero-order chi connectivity index (χ0) is 16.0. The molecule has 2 heterocycles. The number of esters is 1. The van der Waals surface area contributed by atoms with E-state index in [-0.39, 0.29) is 5.97 Å². The number of carbonyl (C=O) groups is 1. The number of hydrogen-bond donors (Lipinski definition) is 0. The molecule has 2 aromatic carbocycles. The zero-order valence-electron chi connectivity index (χ0n) is 13.8. The summed E-state index contributed by atoms with van der Waals surface area (Å²) in [6, 6.07) is 15.8. The predicted octanol–water partition coefficient (Wildman–Crippen LogP) is 3.51. The van der Waals surface area contributed by atoms with Crippen molar-refractivity contribution in [3.05, 3.63) is 48.0 Å². The van der Waals surface area contributed by atoms with Crippen LogP contribution in [0, 0.1) is 0 Å². The molecule has 2 aliphatic heterocycles. The first-order chi connectivity index (χ1) is 11.1. The summed E-state index contributed by atoms with van der Waals surface area (Å²) in [5.74, 6) is -0.0715. The summed E-state index contributed by atoms with van der Waals surface area (Å²) in [5.41, 5.74) is 0.630. The number of ether oxygens (including phenoxy) is 1. The Labute approximate surface area is 137 Å². The number of fused-ring (bicyclic) bond motifs is 3. The lowest BCUT2D eigenvalue weighted by Crippen LogP contribution is -2.51. The predicted molar refractivity (Wildman–Crippen MR) is 91.4 cm³/mol. The largest absolute Gasteiger partial charge is 0.468 e. The van der Waals surface area contributed by atoms with E-state index in [9.17, 15) is 4.79 Å². The quantitative estimate of drug-likeness (QED) is 0.795. The third kappa shape index (κ3) is 2.18. The van der Waals surface area contributed by atoms with Crippen LogP contribution in [0.1, 0.15) is 31.2 Å². The van der Waals surface area contributed by atoms with E-state index < -0.39 is 5.41 Å². The third-order valence-electron chi connectivity index (χ3n) is 6.03. The molecule has 23 heavy (non-hydrogen) atoms. The average molecular weight is 309 g/mol. The Morgan fingerprint density at radius 2 is 1.74 bits per heavy atom. The standard InChI is InChI=1S/C20H23NO2/c1-21-17-9-10-18(21)13-20(12-17,19(22)23-2)16-8-7-14-5-3-4-6-15(14)11-16/h3-8,11,17-18H,9-10,12-13H2,1-2H3. The number of carbonyl (C=O) groups excluding carboxylic acids is 1. The van der Waals surface area contributed by atoms with Gasteiger partial charge in [-0.15, -0.1) is 0 Å². The van der Waals surface area contributed by atoms with Gasteiger partial charge in [-0.25, -0.2) is 0 Å². The van der Waals surface area contributed by atoms with Crippen LogP contribution in [0.2, 0.25) is 0 Å². The van der Waals surface area contributed by atoms with Crippen molar-refractivity contribution < 1.29 is 9.53 Å². The maximum Gasteiger partial charge on any atom is 0.316 e. The van der Waals surface area contributed by atoms with E-state index in [0.717, 1.165) is 18.4 Å². The topological polar surface area (TPSA) is 29.5 Å². The highest BCUT2D eigenvalue weighted by molar-refractivity contribution is 5.88. The second-order valence-electron chi connectivity index (χ2n) is 7.09. The minimum atomic E-state index is -0.489. The second-order valence-corrected chi connectivity index (χ2v) is 7.09. The van der Waals surface area contributed by atoms with E-state index in [1.165, 1.54) is 30.7 Å². The lowest BCUT2D eigenvalue weighted by atomic mass is 9.69. The lowest BCUT2D eigenvalue weighted by Gasteiger charge is -2.43. The molecule has 2 aliphatic rings. The van der Waals surface area contributed by atoms with E-state index in [2.05, 4.69) is 48.3 Å². The number of piperidine rings is 1. The van der Waals surface area contributed by atoms with Crippen LogP contribution in [-0.2, 0) is 14.9 Å². The van der Waals surface area contributed by atoms with Crippen LogP contribution in [0.5, 0.6) is 0 Å². The van der Waals surface area contributed by atoms with Crippen molar-refractivity contribution in [3.8, 4) is 0 Å². The van der Waals surface area contributed by atoms with E-state index >= 15 is 0 Å². The Kier molecular flexibility index (Phi) is 3.42. The van der Waals surface area contributed by atoms with E-state index in [1.807, 2.05) is 6.07 Å². The highest BCUT2D eigenvalue weighted by atomic mass is 16.5. The zero-order valence-corrected chi connectivity index (χ0v) is 13.8. The molecule has 120 valence electrons. The SMILES string of the molecule is COC(=O)C1(c2ccc3ccccc3c2)CC2CCC(C1)N2C. The molecule has 2 unspecified atom stereocenters. The van der Waals surface area contributed by atoms with Crippen molar-refractivity contribution in [2.75, 3.05) is 14.2 Å². The summed E-state index contributed by atoms with van der Waals surface area (Å²) >= 11 is 0. The molecule has 3 heteroatoms. The van der Waals surface area contributed by atoms with Crippen LogP contribution in [0.3, 0.4) is 0 Å². The summed E-state index contributed by atoms with van der Waals surface area (Å²) < 4.78 is 5.26. The molecule has 3 nitrogen and oxygen atoms in total. The molecule has 2 atom stereocenters. The van der Waals surface area contributed by atoms with Crippen molar-refractivity contribution in [2.45, 2.75) is 43.2 Å². The van der Waals surface area contributed by atoms with Crippen LogP contribution in [-0.4, -0.2) is 37.1 Å². The fraction of sp³-hybridized carbons (Fsp3) is 0.450. The van der Waals surface area contributed by atoms with Crippen LogP contribution in [0.15, 0.2) is 42.5 Å². The highest BCUT2D eigenvalue weighted by Gasteiger charge is 2.52. The molecule has 2 fully saturated rings. The van der Waals surface area contributed by atoms with Gasteiger partial charge in [0.1, 0.15) is 0 Å². The molecule has 0 amide bonds. The Bertz CT molecular complexity index is 740. The van der Waals surface area contributed by atoms with Gasteiger partial charge in [0.2, 0.25) is 0 Å². The Balaban J connectivity index is 1.83. The van der Waals surface area contributed by atoms with Gasteiger partial charge in [0.25, 0.3) is 0 Å². The van der Waals surface area contributed by atoms with Crippen molar-refractivity contribution >= 4 is 16.7 Å². The summed E-state index contributed by atoms with van der Waals surface area (Å²) in [7, 11) is 3.72. The maximum absolute atomic E-state index is 12.8. The first-order valence-corrected chi connectivity index (χ1v) is 8.44. The number of methoxy groups -OCH3 is 1. The summed E-state index contributed by atoms with van der Waals surface area (Å²) in [6.07, 6.45) is 4.11. The first-order valence-electron chi connectivity index (χ1n) is 8.44. The van der Waals surface area contributed by atoms with E-state index in [0.29, 0.717) is 12.1 Å². The van der Waals surface area contributed by atoms with Gasteiger partial charge in [0.05, 0.1) is 12.5 Å². The first kappa shape index (κ1) is 14.7. The summed E-state index contributed by atoms with van der Waals surface area (Å²) in [4.78, 5) is 15.3. The summed E-state index contributed by atoms with van der Waals surface area (Å²) in [6.45, 7) is 0. The normalized spacial score (nSPS) is 30.5. The minimum Gasteiger partial charge on any atom is -0.468 e. The number of rotatable bonds is 2. The average Bonchev–Trinajstić information content (AvgIpc) is 2.82. The molecule has 0 aliphatic carbocycles. The Morgan fingerprint density at radius 3 is 2.39 bits per heavy atom. The smallest absolute Gasteiger partial charge is 0.316 e. The van der Waals surface area contributed by atoms with Gasteiger partial charge in [0, 0.05) is 12.1 Å². The van der Waals surface area contributed by atoms with Gasteiger partial charge in [-0.05, 0) is 49.1 Å². The van der Waals surface area contributed by atoms with Crippen LogP contribution in [0.25, 0.3) is 10.8 Å². The number of benzene rings is 2. The molecule has 0 radical (unpaired) electrons. The molecule has 0 saturated carbocycles. The Hall–Kier alpha value is -1.87. The third-order valence-corrected chi connectivity index (χ3v) is 6.03. The molecule has 0 spiro atoms. The molecule has 0 N–H and O–H groups in total.